The zero-order chi connectivity index (χ0) is 17.6. The average molecular weight is 332 g/mol. The summed E-state index contributed by atoms with van der Waals surface area (Å²) in [5.41, 5.74) is 6.10. The van der Waals surface area contributed by atoms with E-state index in [1.807, 2.05) is 6.07 Å². The molecule has 0 radical (unpaired) electrons. The van der Waals surface area contributed by atoms with Crippen molar-refractivity contribution in [2.24, 2.45) is 0 Å². The molecule has 0 aliphatic carbocycles. The molecule has 1 heterocycles. The van der Waals surface area contributed by atoms with Gasteiger partial charge in [0, 0.05) is 18.4 Å². The van der Waals surface area contributed by atoms with Gasteiger partial charge in [0.1, 0.15) is 5.82 Å². The highest BCUT2D eigenvalue weighted by Crippen LogP contribution is 2.24. The zero-order valence-electron chi connectivity index (χ0n) is 15.0. The lowest BCUT2D eigenvalue weighted by Gasteiger charge is -2.14. The minimum absolute atomic E-state index is 0.623. The molecule has 0 atom stereocenters. The molecule has 0 aliphatic heterocycles. The molecular formula is C21H24N4. The van der Waals surface area contributed by atoms with Crippen LogP contribution in [0.1, 0.15) is 29.2 Å². The summed E-state index contributed by atoms with van der Waals surface area (Å²) in [4.78, 5) is 8.91. The van der Waals surface area contributed by atoms with Crippen LogP contribution in [0.25, 0.3) is 0 Å². The predicted molar refractivity (Wildman–Crippen MR) is 104 cm³/mol. The minimum Gasteiger partial charge on any atom is -0.350 e. The normalized spacial score (nSPS) is 10.5. The van der Waals surface area contributed by atoms with Crippen LogP contribution in [0.4, 0.5) is 17.5 Å². The van der Waals surface area contributed by atoms with E-state index < -0.39 is 0 Å². The van der Waals surface area contributed by atoms with Gasteiger partial charge in [-0.1, -0.05) is 55.0 Å². The van der Waals surface area contributed by atoms with Crippen LogP contribution in [0.5, 0.6) is 0 Å². The Hall–Kier alpha value is -2.88. The summed E-state index contributed by atoms with van der Waals surface area (Å²) < 4.78 is 0. The molecule has 0 fully saturated rings. The number of benzene rings is 2. The van der Waals surface area contributed by atoms with Crippen molar-refractivity contribution in [2.75, 3.05) is 10.6 Å². The monoisotopic (exact) mass is 332 g/mol. The molecule has 0 spiro atoms. The predicted octanol–water partition coefficient (Wildman–Crippen LogP) is 5.01. The van der Waals surface area contributed by atoms with E-state index in [-0.39, 0.29) is 0 Å². The Morgan fingerprint density at radius 1 is 1.00 bits per heavy atom. The Bertz CT molecular complexity index is 858. The largest absolute Gasteiger partial charge is 0.350 e. The van der Waals surface area contributed by atoms with Crippen LogP contribution in [-0.2, 0) is 13.0 Å². The number of nitrogens with zero attached hydrogens (tertiary/aromatic N) is 2. The lowest BCUT2D eigenvalue weighted by Crippen LogP contribution is -2.06. The van der Waals surface area contributed by atoms with E-state index in [9.17, 15) is 0 Å². The summed E-state index contributed by atoms with van der Waals surface area (Å²) in [7, 11) is 0. The van der Waals surface area contributed by atoms with Crippen molar-refractivity contribution < 1.29 is 0 Å². The number of aromatic nitrogens is 2. The molecular weight excluding hydrogens is 308 g/mol. The maximum absolute atomic E-state index is 4.59. The lowest BCUT2D eigenvalue weighted by molar-refractivity contribution is 1.05. The van der Waals surface area contributed by atoms with Gasteiger partial charge in [-0.25, -0.2) is 4.98 Å². The van der Waals surface area contributed by atoms with Gasteiger partial charge < -0.3 is 10.6 Å². The molecule has 0 amide bonds. The van der Waals surface area contributed by atoms with Crippen LogP contribution < -0.4 is 10.6 Å². The Kier molecular flexibility index (Phi) is 5.29. The van der Waals surface area contributed by atoms with Crippen LogP contribution in [0, 0.1) is 13.8 Å². The van der Waals surface area contributed by atoms with Gasteiger partial charge in [0.2, 0.25) is 5.95 Å². The van der Waals surface area contributed by atoms with Gasteiger partial charge in [-0.2, -0.15) is 4.98 Å². The van der Waals surface area contributed by atoms with Crippen molar-refractivity contribution in [3.05, 3.63) is 77.0 Å². The molecule has 4 nitrogen and oxygen atoms in total. The summed E-state index contributed by atoms with van der Waals surface area (Å²) in [6.07, 6.45) is 2.76. The van der Waals surface area contributed by atoms with Crippen LogP contribution in [0.2, 0.25) is 0 Å². The molecule has 0 saturated heterocycles. The van der Waals surface area contributed by atoms with Crippen molar-refractivity contribution in [3.63, 3.8) is 0 Å². The number of para-hydroxylation sites is 1. The van der Waals surface area contributed by atoms with Gasteiger partial charge in [0.25, 0.3) is 0 Å². The minimum atomic E-state index is 0.623. The van der Waals surface area contributed by atoms with Crippen molar-refractivity contribution >= 4 is 17.5 Å². The molecule has 128 valence electrons. The number of hydrogen-bond donors (Lipinski definition) is 2. The van der Waals surface area contributed by atoms with Crippen molar-refractivity contribution in [1.82, 2.24) is 9.97 Å². The zero-order valence-corrected chi connectivity index (χ0v) is 15.0. The molecule has 4 heteroatoms. The maximum Gasteiger partial charge on any atom is 0.224 e. The standard InChI is InChI=1S/C21H24N4/c1-4-18-10-6-8-16(3)20(18)24-19-11-12-22-21(25-19)23-14-17-9-5-7-15(2)13-17/h5-13H,4,14H2,1-3H3,(H2,22,23,24,25). The van der Waals surface area contributed by atoms with Crippen LogP contribution >= 0.6 is 0 Å². The topological polar surface area (TPSA) is 49.8 Å². The molecule has 0 saturated carbocycles. The van der Waals surface area contributed by atoms with Gasteiger partial charge >= 0.3 is 0 Å². The second kappa shape index (κ2) is 7.79. The van der Waals surface area contributed by atoms with Crippen LogP contribution in [0.15, 0.2) is 54.7 Å². The second-order valence-corrected chi connectivity index (χ2v) is 6.20. The molecule has 0 bridgehead atoms. The fraction of sp³-hybridized carbons (Fsp3) is 0.238. The molecule has 0 aliphatic rings. The molecule has 3 aromatic rings. The summed E-state index contributed by atoms with van der Waals surface area (Å²) in [6, 6.07) is 16.7. The SMILES string of the molecule is CCc1cccc(C)c1Nc1ccnc(NCc2cccc(C)c2)n1. The fourth-order valence-electron chi connectivity index (χ4n) is 2.85. The highest BCUT2D eigenvalue weighted by Gasteiger charge is 2.06. The molecule has 3 rings (SSSR count). The molecule has 2 N–H and O–H groups in total. The molecule has 0 unspecified atom stereocenters. The van der Waals surface area contributed by atoms with E-state index >= 15 is 0 Å². The fourth-order valence-corrected chi connectivity index (χ4v) is 2.85. The van der Waals surface area contributed by atoms with Gasteiger partial charge in [-0.15, -0.1) is 0 Å². The van der Waals surface area contributed by atoms with Crippen LogP contribution in [-0.4, -0.2) is 9.97 Å². The molecule has 1 aromatic heterocycles. The number of anilines is 3. The molecule has 25 heavy (non-hydrogen) atoms. The summed E-state index contributed by atoms with van der Waals surface area (Å²) in [5, 5.41) is 6.74. The number of nitrogens with one attached hydrogen (secondary N) is 2. The Balaban J connectivity index is 1.74. The Morgan fingerprint density at radius 3 is 2.64 bits per heavy atom. The van der Waals surface area contributed by atoms with Gasteiger partial charge in [-0.3, -0.25) is 0 Å². The third-order valence-corrected chi connectivity index (χ3v) is 4.18. The van der Waals surface area contributed by atoms with E-state index in [4.69, 9.17) is 0 Å². The third kappa shape index (κ3) is 4.35. The Labute approximate surface area is 149 Å². The maximum atomic E-state index is 4.59. The van der Waals surface area contributed by atoms with Crippen molar-refractivity contribution in [3.8, 4) is 0 Å². The van der Waals surface area contributed by atoms with E-state index in [0.29, 0.717) is 12.5 Å². The van der Waals surface area contributed by atoms with Crippen LogP contribution in [0.3, 0.4) is 0 Å². The van der Waals surface area contributed by atoms with E-state index in [0.717, 1.165) is 17.9 Å². The Morgan fingerprint density at radius 2 is 1.84 bits per heavy atom. The second-order valence-electron chi connectivity index (χ2n) is 6.20. The number of aryl methyl sites for hydroxylation is 3. The highest BCUT2D eigenvalue weighted by molar-refractivity contribution is 5.65. The quantitative estimate of drug-likeness (QED) is 0.666. The van der Waals surface area contributed by atoms with Gasteiger partial charge in [0.15, 0.2) is 0 Å². The first-order valence-electron chi connectivity index (χ1n) is 8.63. The third-order valence-electron chi connectivity index (χ3n) is 4.18. The summed E-state index contributed by atoms with van der Waals surface area (Å²) >= 11 is 0. The first-order chi connectivity index (χ1) is 12.2. The first-order valence-corrected chi connectivity index (χ1v) is 8.63. The summed E-state index contributed by atoms with van der Waals surface area (Å²) in [6.45, 7) is 7.07. The van der Waals surface area contributed by atoms with Crippen molar-refractivity contribution in [2.45, 2.75) is 33.7 Å². The van der Waals surface area contributed by atoms with Gasteiger partial charge in [-0.05, 0) is 43.0 Å². The smallest absolute Gasteiger partial charge is 0.224 e. The average Bonchev–Trinajstić information content (AvgIpc) is 2.62. The van der Waals surface area contributed by atoms with E-state index in [2.05, 4.69) is 83.8 Å². The number of hydrogen-bond acceptors (Lipinski definition) is 4. The summed E-state index contributed by atoms with van der Waals surface area (Å²) in [5.74, 6) is 1.42. The van der Waals surface area contributed by atoms with E-state index in [1.165, 1.54) is 22.3 Å². The first kappa shape index (κ1) is 17.0. The van der Waals surface area contributed by atoms with Gasteiger partial charge in [0.05, 0.1) is 0 Å². The lowest BCUT2D eigenvalue weighted by atomic mass is 10.1. The molecule has 2 aromatic carbocycles. The number of rotatable bonds is 6. The highest BCUT2D eigenvalue weighted by atomic mass is 15.1. The van der Waals surface area contributed by atoms with Crippen molar-refractivity contribution in [1.29, 1.82) is 0 Å². The van der Waals surface area contributed by atoms with E-state index in [1.54, 1.807) is 6.20 Å².